The quantitative estimate of drug-likeness (QED) is 0.511. The molecule has 0 saturated heterocycles. The standard InChI is InChI=1S/C3H6.C2H6O.4C2H6.2C2H4.CH4O.CH2O/c2*1-3-2;8*1-2/h3H,1H2,2H3;1-2H3;4*1-2H3;2*1-2H2;2H,1H3;1H2. The average molecular weight is 327 g/mol. The summed E-state index contributed by atoms with van der Waals surface area (Å²) in [7, 11) is 4.25. The SMILES string of the molecule is C=C.C=C.C=CC.C=O.CC.CC.CC.CC.CO.COC. The lowest BCUT2D eigenvalue weighted by Crippen LogP contribution is -1.55. The number of allylic oxidation sites excluding steroid dienone is 1. The first-order valence-corrected chi connectivity index (χ1v) is 7.54. The molecule has 0 aliphatic rings. The van der Waals surface area contributed by atoms with Crippen LogP contribution in [0.15, 0.2) is 39.0 Å². The highest BCUT2D eigenvalue weighted by Crippen LogP contribution is 1.38. The Labute approximate surface area is 144 Å². The summed E-state index contributed by atoms with van der Waals surface area (Å²) in [6.07, 6.45) is 1.75. The van der Waals surface area contributed by atoms with Crippen molar-refractivity contribution in [2.45, 2.75) is 62.3 Å². The third-order valence-electron chi connectivity index (χ3n) is 0. The van der Waals surface area contributed by atoms with E-state index >= 15 is 0 Å². The van der Waals surface area contributed by atoms with Crippen molar-refractivity contribution in [1.29, 1.82) is 0 Å². The van der Waals surface area contributed by atoms with Gasteiger partial charge in [0.25, 0.3) is 0 Å². The van der Waals surface area contributed by atoms with Crippen LogP contribution in [0.2, 0.25) is 0 Å². The number of rotatable bonds is 0. The number of aliphatic hydroxyl groups is 1. The molecule has 0 saturated carbocycles. The van der Waals surface area contributed by atoms with Gasteiger partial charge in [-0.25, -0.2) is 0 Å². The molecule has 0 aliphatic carbocycles. The van der Waals surface area contributed by atoms with Gasteiger partial charge in [-0.3, -0.25) is 0 Å². The molecule has 0 spiro atoms. The van der Waals surface area contributed by atoms with E-state index in [1.165, 1.54) is 0 Å². The van der Waals surface area contributed by atoms with Crippen LogP contribution in [0.25, 0.3) is 0 Å². The van der Waals surface area contributed by atoms with Gasteiger partial charge in [-0.1, -0.05) is 61.5 Å². The largest absolute Gasteiger partial charge is 0.400 e. The van der Waals surface area contributed by atoms with Gasteiger partial charge in [0.1, 0.15) is 6.79 Å². The second kappa shape index (κ2) is 10700. The van der Waals surface area contributed by atoms with E-state index in [2.05, 4.69) is 37.6 Å². The molecule has 3 nitrogen and oxygen atoms in total. The van der Waals surface area contributed by atoms with E-state index < -0.39 is 0 Å². The fourth-order valence-electron chi connectivity index (χ4n) is 0. The molecule has 3 heteroatoms. The molecule has 0 heterocycles. The molecule has 0 radical (unpaired) electrons. The van der Waals surface area contributed by atoms with E-state index in [1.807, 2.05) is 69.1 Å². The van der Waals surface area contributed by atoms with Crippen molar-refractivity contribution in [2.24, 2.45) is 0 Å². The van der Waals surface area contributed by atoms with E-state index in [1.54, 1.807) is 20.3 Å². The molecule has 0 amide bonds. The Morgan fingerprint density at radius 1 is 0.682 bits per heavy atom. The van der Waals surface area contributed by atoms with Gasteiger partial charge in [0.15, 0.2) is 0 Å². The summed E-state index contributed by atoms with van der Waals surface area (Å²) in [4.78, 5) is 8.00. The Morgan fingerprint density at radius 2 is 0.682 bits per heavy atom. The zero-order valence-corrected chi connectivity index (χ0v) is 18.1. The highest BCUT2D eigenvalue weighted by Gasteiger charge is 1.25. The molecule has 1 N–H and O–H groups in total. The summed E-state index contributed by atoms with van der Waals surface area (Å²) in [6, 6.07) is 0. The third-order valence-corrected chi connectivity index (χ3v) is 0. The Hall–Kier alpha value is -1.19. The maximum Gasteiger partial charge on any atom is 0.106 e. The van der Waals surface area contributed by atoms with Crippen molar-refractivity contribution in [3.8, 4) is 0 Å². The van der Waals surface area contributed by atoms with Crippen LogP contribution in [0.4, 0.5) is 0 Å². The molecular formula is C19H50O3. The summed E-state index contributed by atoms with van der Waals surface area (Å²) in [5, 5.41) is 7.00. The predicted molar refractivity (Wildman–Crippen MR) is 112 cm³/mol. The van der Waals surface area contributed by atoms with Gasteiger partial charge in [0.05, 0.1) is 0 Å². The third kappa shape index (κ3) is 4210. The Kier molecular flexibility index (Phi) is 33900. The number of hydrogen-bond acceptors (Lipinski definition) is 3. The average Bonchev–Trinajstić information content (AvgIpc) is 2.69. The summed E-state index contributed by atoms with van der Waals surface area (Å²) < 4.78 is 4.25. The van der Waals surface area contributed by atoms with Crippen molar-refractivity contribution < 1.29 is 14.6 Å². The lowest BCUT2D eigenvalue weighted by atomic mass is 10.8. The fraction of sp³-hybridized carbons (Fsp3) is 0.632. The summed E-state index contributed by atoms with van der Waals surface area (Å²) in [6.45, 7) is 35.2. The lowest BCUT2D eigenvalue weighted by molar-refractivity contribution is -0.0979. The highest BCUT2D eigenvalue weighted by atomic mass is 16.4. The molecule has 0 aliphatic heterocycles. The highest BCUT2D eigenvalue weighted by molar-refractivity contribution is 5.10. The van der Waals surface area contributed by atoms with Gasteiger partial charge in [0.2, 0.25) is 0 Å². The molecule has 0 unspecified atom stereocenters. The fourth-order valence-corrected chi connectivity index (χ4v) is 0. The van der Waals surface area contributed by atoms with Crippen LogP contribution in [0.1, 0.15) is 62.3 Å². The topological polar surface area (TPSA) is 46.5 Å². The minimum atomic E-state index is 1.00. The van der Waals surface area contributed by atoms with Gasteiger partial charge < -0.3 is 14.6 Å². The smallest absolute Gasteiger partial charge is 0.106 e. The van der Waals surface area contributed by atoms with E-state index in [9.17, 15) is 0 Å². The second-order valence-corrected chi connectivity index (χ2v) is 0.816. The summed E-state index contributed by atoms with van der Waals surface area (Å²) >= 11 is 0. The normalized spacial score (nSPS) is 3.32. The van der Waals surface area contributed by atoms with Gasteiger partial charge in [-0.2, -0.15) is 0 Å². The second-order valence-electron chi connectivity index (χ2n) is 0.816. The minimum absolute atomic E-state index is 1.00. The maximum absolute atomic E-state index is 8.00. The van der Waals surface area contributed by atoms with Crippen molar-refractivity contribution in [2.75, 3.05) is 21.3 Å². The van der Waals surface area contributed by atoms with Gasteiger partial charge >= 0.3 is 0 Å². The van der Waals surface area contributed by atoms with Crippen molar-refractivity contribution >= 4 is 6.79 Å². The van der Waals surface area contributed by atoms with Gasteiger partial charge in [0, 0.05) is 21.3 Å². The van der Waals surface area contributed by atoms with Crippen LogP contribution in [0.3, 0.4) is 0 Å². The number of carbonyl (C=O) groups is 1. The monoisotopic (exact) mass is 326 g/mol. The Bertz CT molecular complexity index is 45.2. The molecule has 0 atom stereocenters. The molecule has 0 aromatic rings. The molecule has 22 heavy (non-hydrogen) atoms. The molecule has 0 fully saturated rings. The Morgan fingerprint density at radius 3 is 0.682 bits per heavy atom. The molecule has 0 bridgehead atoms. The van der Waals surface area contributed by atoms with Crippen LogP contribution in [-0.4, -0.2) is 33.2 Å². The van der Waals surface area contributed by atoms with Crippen LogP contribution in [0, 0.1) is 0 Å². The number of methoxy groups -OCH3 is 1. The minimum Gasteiger partial charge on any atom is -0.400 e. The first-order valence-electron chi connectivity index (χ1n) is 7.54. The van der Waals surface area contributed by atoms with Crippen LogP contribution >= 0.6 is 0 Å². The van der Waals surface area contributed by atoms with Crippen LogP contribution in [-0.2, 0) is 9.53 Å². The zero-order chi connectivity index (χ0) is 21.4. The number of aliphatic hydroxyl groups excluding tert-OH is 1. The van der Waals surface area contributed by atoms with E-state index in [0.29, 0.717) is 0 Å². The molecule has 0 aromatic heterocycles. The van der Waals surface area contributed by atoms with E-state index in [-0.39, 0.29) is 0 Å². The summed E-state index contributed by atoms with van der Waals surface area (Å²) in [5.41, 5.74) is 0. The van der Waals surface area contributed by atoms with Crippen LogP contribution in [0.5, 0.6) is 0 Å². The number of ether oxygens (including phenoxy) is 1. The molecule has 144 valence electrons. The van der Waals surface area contributed by atoms with E-state index in [0.717, 1.165) is 7.11 Å². The van der Waals surface area contributed by atoms with Crippen molar-refractivity contribution in [3.05, 3.63) is 39.0 Å². The molecule has 0 aromatic carbocycles. The maximum atomic E-state index is 8.00. The van der Waals surface area contributed by atoms with Gasteiger partial charge in [-0.15, -0.1) is 32.9 Å². The van der Waals surface area contributed by atoms with E-state index in [4.69, 9.17) is 9.90 Å². The Balaban J connectivity index is -0.00000000916. The molecular weight excluding hydrogens is 276 g/mol. The summed E-state index contributed by atoms with van der Waals surface area (Å²) in [5.74, 6) is 0. The predicted octanol–water partition coefficient (Wildman–Crippen LogP) is 6.59. The number of carbonyl (C=O) groups excluding carboxylic acids is 1. The van der Waals surface area contributed by atoms with Gasteiger partial charge in [-0.05, 0) is 6.92 Å². The van der Waals surface area contributed by atoms with Crippen molar-refractivity contribution in [3.63, 3.8) is 0 Å². The zero-order valence-electron chi connectivity index (χ0n) is 18.1. The lowest BCUT2D eigenvalue weighted by Gasteiger charge is -1.61. The first kappa shape index (κ1) is 69.9. The first-order chi connectivity index (χ1) is 10.8. The van der Waals surface area contributed by atoms with Crippen LogP contribution < -0.4 is 0 Å². The number of hydrogen-bond donors (Lipinski definition) is 1. The molecule has 0 rings (SSSR count). The van der Waals surface area contributed by atoms with Crippen molar-refractivity contribution in [1.82, 2.24) is 0 Å².